The molecule has 0 spiro atoms. The molecule has 1 aliphatic carbocycles. The van der Waals surface area contributed by atoms with Gasteiger partial charge in [-0.25, -0.2) is 4.98 Å². The molecule has 1 fully saturated rings. The molecule has 3 rings (SSSR count). The summed E-state index contributed by atoms with van der Waals surface area (Å²) in [5, 5.41) is 11.6. The molecule has 0 amide bonds. The summed E-state index contributed by atoms with van der Waals surface area (Å²) in [6.45, 7) is 1.01. The smallest absolute Gasteiger partial charge is 0.149 e. The highest BCUT2D eigenvalue weighted by molar-refractivity contribution is 7.13. The van der Waals surface area contributed by atoms with Crippen LogP contribution < -0.4 is 5.73 Å². The van der Waals surface area contributed by atoms with Crippen molar-refractivity contribution in [3.05, 3.63) is 29.9 Å². The van der Waals surface area contributed by atoms with Crippen LogP contribution in [-0.2, 0) is 6.54 Å². The van der Waals surface area contributed by atoms with Crippen molar-refractivity contribution >= 4 is 11.3 Å². The number of aromatic nitrogens is 2. The molecule has 1 aliphatic rings. The Morgan fingerprint density at radius 3 is 3.20 bits per heavy atom. The van der Waals surface area contributed by atoms with Crippen LogP contribution in [0.2, 0.25) is 0 Å². The first-order chi connectivity index (χ1) is 9.73. The quantitative estimate of drug-likeness (QED) is 0.889. The average molecular weight is 291 g/mol. The molecule has 2 aromatic rings. The number of nitrogens with zero attached hydrogens (tertiary/aromatic N) is 2. The minimum atomic E-state index is -0.371. The molecular weight excluding hydrogens is 270 g/mol. The summed E-state index contributed by atoms with van der Waals surface area (Å²) in [5.41, 5.74) is 5.93. The minimum Gasteiger partial charge on any atom is -0.394 e. The van der Waals surface area contributed by atoms with Crippen LogP contribution in [0.4, 0.5) is 0 Å². The van der Waals surface area contributed by atoms with E-state index >= 15 is 0 Å². The molecule has 2 atom stereocenters. The highest BCUT2D eigenvalue weighted by Gasteiger charge is 2.38. The van der Waals surface area contributed by atoms with Gasteiger partial charge in [-0.15, -0.1) is 11.3 Å². The molecule has 0 aliphatic heterocycles. The Morgan fingerprint density at radius 1 is 1.55 bits per heavy atom. The van der Waals surface area contributed by atoms with Gasteiger partial charge in [-0.05, 0) is 36.6 Å². The van der Waals surface area contributed by atoms with Crippen molar-refractivity contribution in [3.63, 3.8) is 0 Å². The minimum absolute atomic E-state index is 0.0966. The monoisotopic (exact) mass is 291 g/mol. The fourth-order valence-electron chi connectivity index (χ4n) is 3.22. The predicted molar refractivity (Wildman–Crippen MR) is 81.5 cm³/mol. The van der Waals surface area contributed by atoms with E-state index in [2.05, 4.69) is 21.0 Å². The van der Waals surface area contributed by atoms with Crippen molar-refractivity contribution < 1.29 is 5.11 Å². The van der Waals surface area contributed by atoms with Crippen molar-refractivity contribution in [1.82, 2.24) is 9.55 Å². The maximum Gasteiger partial charge on any atom is 0.149 e. The van der Waals surface area contributed by atoms with Crippen molar-refractivity contribution in [2.24, 2.45) is 11.7 Å². The Bertz CT molecular complexity index is 551. The first-order valence-electron chi connectivity index (χ1n) is 7.18. The maximum absolute atomic E-state index is 9.52. The van der Waals surface area contributed by atoms with E-state index in [4.69, 9.17) is 5.73 Å². The molecule has 2 unspecified atom stereocenters. The van der Waals surface area contributed by atoms with Crippen LogP contribution in [0.3, 0.4) is 0 Å². The number of nitrogens with two attached hydrogens (primary N) is 1. The molecule has 0 bridgehead atoms. The molecule has 0 radical (unpaired) electrons. The molecular formula is C15H21N3OS. The molecule has 0 aromatic carbocycles. The second-order valence-corrected chi connectivity index (χ2v) is 6.64. The lowest BCUT2D eigenvalue weighted by molar-refractivity contribution is 0.153. The van der Waals surface area contributed by atoms with Crippen LogP contribution in [0.1, 0.15) is 25.7 Å². The maximum atomic E-state index is 9.52. The normalized spacial score (nSPS) is 26.2. The highest BCUT2D eigenvalue weighted by Crippen LogP contribution is 2.36. The lowest BCUT2D eigenvalue weighted by Crippen LogP contribution is -2.47. The first kappa shape index (κ1) is 13.8. The molecule has 1 saturated carbocycles. The fourth-order valence-corrected chi connectivity index (χ4v) is 3.96. The van der Waals surface area contributed by atoms with Crippen molar-refractivity contribution in [1.29, 1.82) is 0 Å². The van der Waals surface area contributed by atoms with Crippen LogP contribution in [0, 0.1) is 5.92 Å². The summed E-state index contributed by atoms with van der Waals surface area (Å²) in [6, 6.07) is 4.15. The van der Waals surface area contributed by atoms with Gasteiger partial charge in [0, 0.05) is 24.5 Å². The van der Waals surface area contributed by atoms with Gasteiger partial charge >= 0.3 is 0 Å². The van der Waals surface area contributed by atoms with E-state index in [1.165, 1.54) is 4.88 Å². The van der Waals surface area contributed by atoms with E-state index < -0.39 is 0 Å². The Balaban J connectivity index is 1.69. The summed E-state index contributed by atoms with van der Waals surface area (Å²) >= 11 is 1.71. The van der Waals surface area contributed by atoms with Gasteiger partial charge in [0.05, 0.1) is 11.5 Å². The topological polar surface area (TPSA) is 64.1 Å². The summed E-state index contributed by atoms with van der Waals surface area (Å²) < 4.78 is 2.20. The third-order valence-electron chi connectivity index (χ3n) is 4.48. The van der Waals surface area contributed by atoms with Crippen LogP contribution in [0.15, 0.2) is 29.9 Å². The summed E-state index contributed by atoms with van der Waals surface area (Å²) in [7, 11) is 0. The van der Waals surface area contributed by atoms with Gasteiger partial charge in [0.2, 0.25) is 0 Å². The van der Waals surface area contributed by atoms with E-state index in [1.807, 2.05) is 18.5 Å². The van der Waals surface area contributed by atoms with E-state index in [1.54, 1.807) is 11.3 Å². The molecule has 2 heterocycles. The van der Waals surface area contributed by atoms with E-state index in [9.17, 15) is 5.11 Å². The summed E-state index contributed by atoms with van der Waals surface area (Å²) in [4.78, 5) is 5.65. The van der Waals surface area contributed by atoms with Gasteiger partial charge in [0.15, 0.2) is 0 Å². The number of rotatable bonds is 5. The van der Waals surface area contributed by atoms with Gasteiger partial charge in [-0.2, -0.15) is 0 Å². The van der Waals surface area contributed by atoms with Crippen molar-refractivity contribution in [2.75, 3.05) is 6.61 Å². The number of aliphatic hydroxyl groups is 1. The Kier molecular flexibility index (Phi) is 3.92. The van der Waals surface area contributed by atoms with E-state index in [0.717, 1.165) is 38.1 Å². The van der Waals surface area contributed by atoms with E-state index in [-0.39, 0.29) is 12.1 Å². The van der Waals surface area contributed by atoms with Gasteiger partial charge in [-0.1, -0.05) is 12.5 Å². The van der Waals surface area contributed by atoms with Crippen LogP contribution >= 0.6 is 11.3 Å². The average Bonchev–Trinajstić information content (AvgIpc) is 3.17. The van der Waals surface area contributed by atoms with E-state index in [0.29, 0.717) is 5.92 Å². The van der Waals surface area contributed by atoms with Crippen molar-refractivity contribution in [3.8, 4) is 10.7 Å². The third kappa shape index (κ3) is 2.53. The number of imidazole rings is 1. The lowest BCUT2D eigenvalue weighted by atomic mass is 9.86. The predicted octanol–water partition coefficient (Wildman–Crippen LogP) is 2.49. The molecule has 0 saturated heterocycles. The molecule has 20 heavy (non-hydrogen) atoms. The number of thiophene rings is 1. The number of hydrogen-bond donors (Lipinski definition) is 2. The Morgan fingerprint density at radius 2 is 2.45 bits per heavy atom. The first-order valence-corrected chi connectivity index (χ1v) is 8.06. The molecule has 3 N–H and O–H groups in total. The van der Waals surface area contributed by atoms with Gasteiger partial charge < -0.3 is 15.4 Å². The summed E-state index contributed by atoms with van der Waals surface area (Å²) in [6.07, 6.45) is 8.08. The number of hydrogen-bond acceptors (Lipinski definition) is 4. The Labute approximate surface area is 123 Å². The SMILES string of the molecule is NC1(CO)CCCC1CCn1ccnc1-c1cccs1. The zero-order chi connectivity index (χ0) is 14.0. The standard InChI is InChI=1S/C15H21N3OS/c16-15(11-19)6-1-3-12(15)5-8-18-9-7-17-14(18)13-4-2-10-20-13/h2,4,7,9-10,12,19H,1,3,5-6,8,11,16H2. The van der Waals surface area contributed by atoms with Crippen molar-refractivity contribution in [2.45, 2.75) is 37.8 Å². The number of aryl methyl sites for hydroxylation is 1. The van der Waals surface area contributed by atoms with Gasteiger partial charge in [-0.3, -0.25) is 0 Å². The summed E-state index contributed by atoms with van der Waals surface area (Å²) in [5.74, 6) is 1.44. The van der Waals surface area contributed by atoms with Gasteiger partial charge in [0.1, 0.15) is 5.82 Å². The van der Waals surface area contributed by atoms with Crippen LogP contribution in [-0.4, -0.2) is 26.8 Å². The highest BCUT2D eigenvalue weighted by atomic mass is 32.1. The zero-order valence-corrected chi connectivity index (χ0v) is 12.4. The Hall–Kier alpha value is -1.17. The van der Waals surface area contributed by atoms with Crippen LogP contribution in [0.25, 0.3) is 10.7 Å². The van der Waals surface area contributed by atoms with Gasteiger partial charge in [0.25, 0.3) is 0 Å². The fraction of sp³-hybridized carbons (Fsp3) is 0.533. The molecule has 108 valence electrons. The zero-order valence-electron chi connectivity index (χ0n) is 11.5. The molecule has 4 nitrogen and oxygen atoms in total. The second-order valence-electron chi connectivity index (χ2n) is 5.69. The molecule has 5 heteroatoms. The second kappa shape index (κ2) is 5.68. The number of aliphatic hydroxyl groups excluding tert-OH is 1. The molecule has 2 aromatic heterocycles. The lowest BCUT2D eigenvalue weighted by Gasteiger charge is -2.29. The third-order valence-corrected chi connectivity index (χ3v) is 5.34. The van der Waals surface area contributed by atoms with Crippen LogP contribution in [0.5, 0.6) is 0 Å². The largest absolute Gasteiger partial charge is 0.394 e.